The molecular weight excluding hydrogens is 350 g/mol. The summed E-state index contributed by atoms with van der Waals surface area (Å²) in [6.07, 6.45) is 0. The van der Waals surface area contributed by atoms with E-state index in [4.69, 9.17) is 15.1 Å². The van der Waals surface area contributed by atoms with Gasteiger partial charge in [-0.05, 0) is 55.8 Å². The average Bonchev–Trinajstić information content (AvgIpc) is 2.61. The van der Waals surface area contributed by atoms with Gasteiger partial charge in [0.2, 0.25) is 10.0 Å². The van der Waals surface area contributed by atoms with Crippen molar-refractivity contribution in [1.29, 1.82) is 5.26 Å². The molecule has 0 aromatic heterocycles. The Morgan fingerprint density at radius 2 is 1.73 bits per heavy atom. The SMILES string of the molecule is CC(C)N(CCOc1ccc(S(N)(=O)=O)cc1)Cc1ccc(C#N)cc1. The van der Waals surface area contributed by atoms with Gasteiger partial charge in [0.25, 0.3) is 0 Å². The lowest BCUT2D eigenvalue weighted by Crippen LogP contribution is -2.34. The summed E-state index contributed by atoms with van der Waals surface area (Å²) in [4.78, 5) is 2.33. The monoisotopic (exact) mass is 373 g/mol. The van der Waals surface area contributed by atoms with Crippen LogP contribution in [-0.2, 0) is 16.6 Å². The van der Waals surface area contributed by atoms with Gasteiger partial charge in [0, 0.05) is 19.1 Å². The summed E-state index contributed by atoms with van der Waals surface area (Å²) >= 11 is 0. The Kier molecular flexibility index (Phi) is 6.75. The normalized spacial score (nSPS) is 11.5. The van der Waals surface area contributed by atoms with Gasteiger partial charge in [0.05, 0.1) is 16.5 Å². The molecule has 0 saturated heterocycles. The van der Waals surface area contributed by atoms with Gasteiger partial charge < -0.3 is 4.74 Å². The molecule has 138 valence electrons. The molecule has 0 aliphatic rings. The quantitative estimate of drug-likeness (QED) is 0.767. The zero-order valence-electron chi connectivity index (χ0n) is 14.9. The minimum absolute atomic E-state index is 0.0643. The van der Waals surface area contributed by atoms with Gasteiger partial charge in [0.15, 0.2) is 0 Å². The number of nitrogens with two attached hydrogens (primary N) is 1. The van der Waals surface area contributed by atoms with E-state index in [1.54, 1.807) is 12.1 Å². The Balaban J connectivity index is 1.91. The average molecular weight is 373 g/mol. The van der Waals surface area contributed by atoms with Gasteiger partial charge in [0.1, 0.15) is 12.4 Å². The van der Waals surface area contributed by atoms with E-state index in [9.17, 15) is 8.42 Å². The summed E-state index contributed by atoms with van der Waals surface area (Å²) in [7, 11) is -3.69. The van der Waals surface area contributed by atoms with Crippen LogP contribution >= 0.6 is 0 Å². The van der Waals surface area contributed by atoms with Crippen LogP contribution in [0.1, 0.15) is 25.0 Å². The number of rotatable bonds is 8. The molecule has 0 radical (unpaired) electrons. The molecule has 0 heterocycles. The van der Waals surface area contributed by atoms with Crippen LogP contribution in [0.25, 0.3) is 0 Å². The molecule has 0 fully saturated rings. The van der Waals surface area contributed by atoms with Crippen molar-refractivity contribution in [2.45, 2.75) is 31.3 Å². The van der Waals surface area contributed by atoms with Crippen molar-refractivity contribution in [3.63, 3.8) is 0 Å². The van der Waals surface area contributed by atoms with Crippen molar-refractivity contribution in [2.24, 2.45) is 5.14 Å². The maximum Gasteiger partial charge on any atom is 0.238 e. The number of sulfonamides is 1. The van der Waals surface area contributed by atoms with E-state index in [1.165, 1.54) is 12.1 Å². The predicted octanol–water partition coefficient (Wildman–Crippen LogP) is 2.50. The van der Waals surface area contributed by atoms with Crippen LogP contribution in [-0.4, -0.2) is 32.5 Å². The highest BCUT2D eigenvalue weighted by atomic mass is 32.2. The molecule has 0 amide bonds. The van der Waals surface area contributed by atoms with Gasteiger partial charge in [-0.1, -0.05) is 12.1 Å². The fraction of sp³-hybridized carbons (Fsp3) is 0.316. The standard InChI is InChI=1S/C19H23N3O3S/c1-15(2)22(14-17-5-3-16(13-20)4-6-17)11-12-25-18-7-9-19(10-8-18)26(21,23)24/h3-10,15H,11-12,14H2,1-2H3,(H2,21,23,24). The fourth-order valence-corrected chi connectivity index (χ4v) is 2.96. The van der Waals surface area contributed by atoms with Crippen molar-refractivity contribution in [1.82, 2.24) is 4.90 Å². The first-order valence-corrected chi connectivity index (χ1v) is 9.83. The van der Waals surface area contributed by atoms with E-state index in [1.807, 2.05) is 24.3 Å². The topological polar surface area (TPSA) is 96.4 Å². The lowest BCUT2D eigenvalue weighted by molar-refractivity contribution is 0.169. The van der Waals surface area contributed by atoms with Crippen molar-refractivity contribution in [3.8, 4) is 11.8 Å². The highest BCUT2D eigenvalue weighted by Crippen LogP contribution is 2.15. The molecule has 0 aliphatic heterocycles. The van der Waals surface area contributed by atoms with E-state index in [0.717, 1.165) is 12.1 Å². The molecule has 2 rings (SSSR count). The number of hydrogen-bond acceptors (Lipinski definition) is 5. The fourth-order valence-electron chi connectivity index (χ4n) is 2.45. The Morgan fingerprint density at radius 3 is 2.23 bits per heavy atom. The van der Waals surface area contributed by atoms with Crippen LogP contribution in [0.3, 0.4) is 0 Å². The highest BCUT2D eigenvalue weighted by Gasteiger charge is 2.11. The molecular formula is C19H23N3O3S. The summed E-state index contributed by atoms with van der Waals surface area (Å²) in [5.41, 5.74) is 1.78. The summed E-state index contributed by atoms with van der Waals surface area (Å²) in [6, 6.07) is 16.1. The molecule has 0 saturated carbocycles. The van der Waals surface area contributed by atoms with Crippen LogP contribution in [0.2, 0.25) is 0 Å². The first-order valence-electron chi connectivity index (χ1n) is 8.28. The number of hydrogen-bond donors (Lipinski definition) is 1. The first kappa shape index (κ1) is 19.9. The molecule has 6 nitrogen and oxygen atoms in total. The molecule has 2 N–H and O–H groups in total. The number of nitrogens with zero attached hydrogens (tertiary/aromatic N) is 2. The summed E-state index contributed by atoms with van der Waals surface area (Å²) < 4.78 is 28.2. The minimum Gasteiger partial charge on any atom is -0.492 e. The zero-order chi connectivity index (χ0) is 19.2. The number of benzene rings is 2. The maximum atomic E-state index is 11.2. The first-order chi connectivity index (χ1) is 12.3. The van der Waals surface area contributed by atoms with Crippen molar-refractivity contribution < 1.29 is 13.2 Å². The predicted molar refractivity (Wildman–Crippen MR) is 100 cm³/mol. The second kappa shape index (κ2) is 8.81. The molecule has 0 spiro atoms. The van der Waals surface area contributed by atoms with Crippen molar-refractivity contribution in [2.75, 3.05) is 13.2 Å². The van der Waals surface area contributed by atoms with Crippen LogP contribution in [0.5, 0.6) is 5.75 Å². The third-order valence-corrected chi connectivity index (χ3v) is 4.93. The molecule has 0 unspecified atom stereocenters. The molecule has 0 aliphatic carbocycles. The van der Waals surface area contributed by atoms with Gasteiger partial charge in [-0.15, -0.1) is 0 Å². The minimum atomic E-state index is -3.69. The van der Waals surface area contributed by atoms with Crippen molar-refractivity contribution >= 4 is 10.0 Å². The van der Waals surface area contributed by atoms with Gasteiger partial charge >= 0.3 is 0 Å². The second-order valence-corrected chi connectivity index (χ2v) is 7.80. The van der Waals surface area contributed by atoms with Crippen LogP contribution in [0.15, 0.2) is 53.4 Å². The Morgan fingerprint density at radius 1 is 1.12 bits per heavy atom. The molecule has 26 heavy (non-hydrogen) atoms. The highest BCUT2D eigenvalue weighted by molar-refractivity contribution is 7.89. The summed E-state index contributed by atoms with van der Waals surface area (Å²) in [5.74, 6) is 0.597. The second-order valence-electron chi connectivity index (χ2n) is 6.24. The third-order valence-electron chi connectivity index (χ3n) is 4.00. The van der Waals surface area contributed by atoms with E-state index in [-0.39, 0.29) is 4.90 Å². The Bertz CT molecular complexity index is 854. The van der Waals surface area contributed by atoms with E-state index >= 15 is 0 Å². The lowest BCUT2D eigenvalue weighted by atomic mass is 10.1. The van der Waals surface area contributed by atoms with Gasteiger partial charge in [-0.2, -0.15) is 5.26 Å². The van der Waals surface area contributed by atoms with Gasteiger partial charge in [-0.3, -0.25) is 4.90 Å². The molecule has 0 bridgehead atoms. The molecule has 0 atom stereocenters. The molecule has 2 aromatic rings. The number of primary sulfonamides is 1. The largest absolute Gasteiger partial charge is 0.492 e. The summed E-state index contributed by atoms with van der Waals surface area (Å²) in [6.45, 7) is 6.18. The Labute approximate surface area is 154 Å². The lowest BCUT2D eigenvalue weighted by Gasteiger charge is -2.26. The third kappa shape index (κ3) is 5.85. The Hall–Kier alpha value is -2.40. The van der Waals surface area contributed by atoms with Crippen LogP contribution < -0.4 is 9.88 Å². The molecule has 2 aromatic carbocycles. The smallest absolute Gasteiger partial charge is 0.238 e. The summed E-state index contributed by atoms with van der Waals surface area (Å²) in [5, 5.41) is 13.9. The van der Waals surface area contributed by atoms with Crippen LogP contribution in [0, 0.1) is 11.3 Å². The number of nitriles is 1. The van der Waals surface area contributed by atoms with Gasteiger partial charge in [-0.25, -0.2) is 13.6 Å². The van der Waals surface area contributed by atoms with Crippen LogP contribution in [0.4, 0.5) is 0 Å². The van der Waals surface area contributed by atoms with Crippen molar-refractivity contribution in [3.05, 3.63) is 59.7 Å². The van der Waals surface area contributed by atoms with E-state index in [2.05, 4.69) is 24.8 Å². The van der Waals surface area contributed by atoms with E-state index in [0.29, 0.717) is 30.5 Å². The van der Waals surface area contributed by atoms with E-state index < -0.39 is 10.0 Å². The number of ether oxygens (including phenoxy) is 1. The molecule has 7 heteroatoms. The zero-order valence-corrected chi connectivity index (χ0v) is 15.7. The maximum absolute atomic E-state index is 11.2.